The van der Waals surface area contributed by atoms with Crippen LogP contribution in [0.5, 0.6) is 11.5 Å². The van der Waals surface area contributed by atoms with E-state index in [-0.39, 0.29) is 29.4 Å². The fraction of sp³-hybridized carbons (Fsp3) is 0.471. The van der Waals surface area contributed by atoms with Gasteiger partial charge in [0.05, 0.1) is 31.2 Å². The van der Waals surface area contributed by atoms with E-state index >= 15 is 0 Å². The summed E-state index contributed by atoms with van der Waals surface area (Å²) in [4.78, 5) is 39.6. The Kier molecular flexibility index (Phi) is 7.63. The van der Waals surface area contributed by atoms with Crippen LogP contribution in [0.3, 0.4) is 0 Å². The van der Waals surface area contributed by atoms with E-state index in [0.717, 1.165) is 31.2 Å². The number of aromatic nitrogens is 2. The predicted molar refractivity (Wildman–Crippen MR) is 164 cm³/mol. The SMILES string of the molecule is CNC(=O)c1ccc(-n2nc(C(=O)NC3(C(=O)O)C4CC5CC(C4)CC3C5)cc2-c2c(OC)cccc2OC)c(C(C)C)c1. The molecule has 4 bridgehead atoms. The Morgan fingerprint density at radius 1 is 0.932 bits per heavy atom. The molecule has 4 aliphatic carbocycles. The summed E-state index contributed by atoms with van der Waals surface area (Å²) in [6.07, 6.45) is 4.47. The quantitative estimate of drug-likeness (QED) is 0.313. The van der Waals surface area contributed by atoms with Gasteiger partial charge in [-0.1, -0.05) is 19.9 Å². The lowest BCUT2D eigenvalue weighted by molar-refractivity contribution is -0.163. The number of hydrogen-bond donors (Lipinski definition) is 3. The van der Waals surface area contributed by atoms with Crippen molar-refractivity contribution in [3.8, 4) is 28.4 Å². The highest BCUT2D eigenvalue weighted by Gasteiger charge is 2.62. The first kappa shape index (κ1) is 29.7. The van der Waals surface area contributed by atoms with Gasteiger partial charge >= 0.3 is 5.97 Å². The Morgan fingerprint density at radius 3 is 2.07 bits per heavy atom. The summed E-state index contributed by atoms with van der Waals surface area (Å²) in [7, 11) is 4.71. The summed E-state index contributed by atoms with van der Waals surface area (Å²) in [6, 6.07) is 12.5. The Bertz CT molecular complexity index is 1580. The number of carboxylic acids is 1. The number of carbonyl (C=O) groups excluding carboxylic acids is 2. The number of amides is 2. The molecule has 3 aromatic rings. The number of ether oxygens (including phenoxy) is 2. The monoisotopic (exact) mass is 600 g/mol. The van der Waals surface area contributed by atoms with E-state index in [9.17, 15) is 19.5 Å². The van der Waals surface area contributed by atoms with Gasteiger partial charge in [0.2, 0.25) is 0 Å². The van der Waals surface area contributed by atoms with E-state index < -0.39 is 17.4 Å². The second-order valence-corrected chi connectivity index (χ2v) is 12.8. The van der Waals surface area contributed by atoms with Crippen LogP contribution in [0.4, 0.5) is 0 Å². The van der Waals surface area contributed by atoms with Crippen molar-refractivity contribution in [3.05, 3.63) is 59.3 Å². The van der Waals surface area contributed by atoms with Crippen LogP contribution in [0.25, 0.3) is 16.9 Å². The van der Waals surface area contributed by atoms with Crippen LogP contribution in [0.15, 0.2) is 42.5 Å². The third kappa shape index (κ3) is 4.71. The van der Waals surface area contributed by atoms with Crippen molar-refractivity contribution in [2.75, 3.05) is 21.3 Å². The summed E-state index contributed by atoms with van der Waals surface area (Å²) in [5.74, 6) is 0.242. The number of nitrogens with zero attached hydrogens (tertiary/aromatic N) is 2. The van der Waals surface area contributed by atoms with Crippen LogP contribution in [0, 0.1) is 23.7 Å². The summed E-state index contributed by atoms with van der Waals surface area (Å²) in [5, 5.41) is 21.1. The minimum Gasteiger partial charge on any atom is -0.496 e. The zero-order chi connectivity index (χ0) is 31.3. The normalized spacial score (nSPS) is 25.1. The molecule has 0 radical (unpaired) electrons. The molecular formula is C34H40N4O6. The molecule has 0 spiro atoms. The molecule has 4 saturated carbocycles. The van der Waals surface area contributed by atoms with Crippen molar-refractivity contribution < 1.29 is 29.0 Å². The zero-order valence-electron chi connectivity index (χ0n) is 25.8. The van der Waals surface area contributed by atoms with E-state index in [1.165, 1.54) is 6.42 Å². The lowest BCUT2D eigenvalue weighted by Gasteiger charge is -2.59. The first-order chi connectivity index (χ1) is 21.1. The highest BCUT2D eigenvalue weighted by Crippen LogP contribution is 2.58. The average Bonchev–Trinajstić information content (AvgIpc) is 3.46. The molecule has 3 N–H and O–H groups in total. The van der Waals surface area contributed by atoms with Gasteiger partial charge in [-0.3, -0.25) is 9.59 Å². The van der Waals surface area contributed by atoms with Gasteiger partial charge in [-0.25, -0.2) is 9.48 Å². The fourth-order valence-corrected chi connectivity index (χ4v) is 8.24. The summed E-state index contributed by atoms with van der Waals surface area (Å²) in [6.45, 7) is 4.05. The molecule has 0 aliphatic heterocycles. The smallest absolute Gasteiger partial charge is 0.330 e. The molecule has 7 rings (SSSR count). The van der Waals surface area contributed by atoms with Gasteiger partial charge in [0.25, 0.3) is 11.8 Å². The van der Waals surface area contributed by atoms with Crippen molar-refractivity contribution in [1.82, 2.24) is 20.4 Å². The lowest BCUT2D eigenvalue weighted by atomic mass is 9.48. The van der Waals surface area contributed by atoms with Gasteiger partial charge < -0.3 is 25.2 Å². The molecular weight excluding hydrogens is 560 g/mol. The molecule has 4 fully saturated rings. The number of methoxy groups -OCH3 is 2. The van der Waals surface area contributed by atoms with Crippen LogP contribution >= 0.6 is 0 Å². The molecule has 0 atom stereocenters. The Hall–Kier alpha value is -4.34. The van der Waals surface area contributed by atoms with E-state index in [1.54, 1.807) is 50.2 Å². The molecule has 2 amide bonds. The molecule has 0 saturated heterocycles. The van der Waals surface area contributed by atoms with Gasteiger partial charge in [-0.2, -0.15) is 5.10 Å². The zero-order valence-corrected chi connectivity index (χ0v) is 25.8. The Labute approximate surface area is 257 Å². The average molecular weight is 601 g/mol. The van der Waals surface area contributed by atoms with Crippen molar-refractivity contribution in [2.45, 2.75) is 57.4 Å². The number of nitrogens with one attached hydrogen (secondary N) is 2. The number of hydrogen-bond acceptors (Lipinski definition) is 6. The van der Waals surface area contributed by atoms with Crippen LogP contribution in [-0.2, 0) is 4.79 Å². The van der Waals surface area contributed by atoms with Crippen molar-refractivity contribution in [2.24, 2.45) is 23.7 Å². The Morgan fingerprint density at radius 2 is 1.55 bits per heavy atom. The van der Waals surface area contributed by atoms with Gasteiger partial charge in [0.1, 0.15) is 17.0 Å². The molecule has 0 unspecified atom stereocenters. The van der Waals surface area contributed by atoms with Crippen molar-refractivity contribution >= 4 is 17.8 Å². The Balaban J connectivity index is 1.50. The summed E-state index contributed by atoms with van der Waals surface area (Å²) < 4.78 is 13.1. The van der Waals surface area contributed by atoms with Crippen LogP contribution in [0.2, 0.25) is 0 Å². The second kappa shape index (κ2) is 11.3. The van der Waals surface area contributed by atoms with Crippen molar-refractivity contribution in [1.29, 1.82) is 0 Å². The topological polar surface area (TPSA) is 132 Å². The van der Waals surface area contributed by atoms with Gasteiger partial charge in [0, 0.05) is 12.6 Å². The number of carboxylic acid groups (broad SMARTS) is 1. The van der Waals surface area contributed by atoms with E-state index in [4.69, 9.17) is 14.6 Å². The third-order valence-electron chi connectivity index (χ3n) is 10.1. The van der Waals surface area contributed by atoms with E-state index in [2.05, 4.69) is 10.6 Å². The minimum atomic E-state index is -1.31. The summed E-state index contributed by atoms with van der Waals surface area (Å²) >= 11 is 0. The lowest BCUT2D eigenvalue weighted by Crippen LogP contribution is -2.70. The molecule has 10 nitrogen and oxygen atoms in total. The molecule has 232 valence electrons. The fourth-order valence-electron chi connectivity index (χ4n) is 8.24. The van der Waals surface area contributed by atoms with E-state index in [0.29, 0.717) is 45.8 Å². The number of benzene rings is 2. The first-order valence-electron chi connectivity index (χ1n) is 15.3. The maximum atomic E-state index is 14.1. The van der Waals surface area contributed by atoms with Crippen LogP contribution in [-0.4, -0.2) is 59.5 Å². The molecule has 10 heteroatoms. The number of aliphatic carboxylic acids is 1. The van der Waals surface area contributed by atoms with Gasteiger partial charge in [0.15, 0.2) is 5.69 Å². The maximum Gasteiger partial charge on any atom is 0.330 e. The molecule has 2 aromatic carbocycles. The maximum absolute atomic E-state index is 14.1. The highest BCUT2D eigenvalue weighted by atomic mass is 16.5. The predicted octanol–water partition coefficient (Wildman–Crippen LogP) is 5.05. The van der Waals surface area contributed by atoms with E-state index in [1.807, 2.05) is 32.0 Å². The molecule has 1 heterocycles. The van der Waals surface area contributed by atoms with Gasteiger partial charge in [-0.05, 0) is 104 Å². The highest BCUT2D eigenvalue weighted by molar-refractivity contribution is 5.98. The standard InChI is InChI=1S/C34H40N4O6/c1-18(2)24-16-21(31(39)35-3)9-10-26(24)38-27(30-28(43-4)7-6-8-29(30)44-5)17-25(37-38)32(40)36-34(33(41)42)22-12-19-11-20(14-22)15-23(34)13-19/h6-10,16-20,22-23H,11-15H2,1-5H3,(H,35,39)(H,36,40)(H,41,42). The van der Waals surface area contributed by atoms with Crippen molar-refractivity contribution in [3.63, 3.8) is 0 Å². The third-order valence-corrected chi connectivity index (χ3v) is 10.1. The minimum absolute atomic E-state index is 0.00632. The molecule has 1 aromatic heterocycles. The number of rotatable bonds is 9. The molecule has 44 heavy (non-hydrogen) atoms. The first-order valence-corrected chi connectivity index (χ1v) is 15.3. The van der Waals surface area contributed by atoms with Gasteiger partial charge in [-0.15, -0.1) is 0 Å². The van der Waals surface area contributed by atoms with Crippen LogP contribution in [0.1, 0.15) is 78.3 Å². The largest absolute Gasteiger partial charge is 0.496 e. The summed E-state index contributed by atoms with van der Waals surface area (Å²) in [5.41, 5.74) is 1.94. The second-order valence-electron chi connectivity index (χ2n) is 12.8. The molecule has 4 aliphatic rings. The van der Waals surface area contributed by atoms with Crippen LogP contribution < -0.4 is 20.1 Å². The number of carbonyl (C=O) groups is 3.